The average Bonchev–Trinajstić information content (AvgIpc) is 2.55. The lowest BCUT2D eigenvalue weighted by Gasteiger charge is -2.35. The molecule has 0 aromatic heterocycles. The smallest absolute Gasteiger partial charge is 0.169 e. The van der Waals surface area contributed by atoms with E-state index in [1.165, 1.54) is 37.7 Å². The van der Waals surface area contributed by atoms with Gasteiger partial charge in [-0.05, 0) is 49.2 Å². The SMILES string of the molecule is C=CCN(C(=S)NCCc1ccc(Cl)cc1)C1CCCCC1. The van der Waals surface area contributed by atoms with Gasteiger partial charge in [0.1, 0.15) is 0 Å². The molecule has 22 heavy (non-hydrogen) atoms. The molecule has 0 spiro atoms. The Morgan fingerprint density at radius 1 is 1.27 bits per heavy atom. The van der Waals surface area contributed by atoms with E-state index >= 15 is 0 Å². The molecule has 1 N–H and O–H groups in total. The van der Waals surface area contributed by atoms with Crippen molar-refractivity contribution in [2.45, 2.75) is 44.6 Å². The van der Waals surface area contributed by atoms with Crippen molar-refractivity contribution >= 4 is 28.9 Å². The molecule has 2 nitrogen and oxygen atoms in total. The van der Waals surface area contributed by atoms with E-state index in [-0.39, 0.29) is 0 Å². The summed E-state index contributed by atoms with van der Waals surface area (Å²) in [6, 6.07) is 8.57. The lowest BCUT2D eigenvalue weighted by atomic mass is 9.94. The van der Waals surface area contributed by atoms with E-state index in [0.29, 0.717) is 6.04 Å². The molecule has 1 saturated carbocycles. The fourth-order valence-corrected chi connectivity index (χ4v) is 3.45. The maximum Gasteiger partial charge on any atom is 0.169 e. The highest BCUT2D eigenvalue weighted by Gasteiger charge is 2.21. The van der Waals surface area contributed by atoms with Crippen molar-refractivity contribution in [2.24, 2.45) is 0 Å². The Hall–Kier alpha value is -1.06. The average molecular weight is 337 g/mol. The number of hydrogen-bond acceptors (Lipinski definition) is 1. The van der Waals surface area contributed by atoms with Crippen LogP contribution in [-0.2, 0) is 6.42 Å². The van der Waals surface area contributed by atoms with Crippen molar-refractivity contribution in [1.29, 1.82) is 0 Å². The highest BCUT2D eigenvalue weighted by molar-refractivity contribution is 7.80. The summed E-state index contributed by atoms with van der Waals surface area (Å²) in [5.41, 5.74) is 1.27. The number of thiocarbonyl (C=S) groups is 1. The Morgan fingerprint density at radius 2 is 1.95 bits per heavy atom. The molecule has 0 heterocycles. The third-order valence-electron chi connectivity index (χ3n) is 4.21. The lowest BCUT2D eigenvalue weighted by Crippen LogP contribution is -2.47. The molecule has 1 aliphatic rings. The molecule has 0 bridgehead atoms. The zero-order valence-corrected chi connectivity index (χ0v) is 14.6. The van der Waals surface area contributed by atoms with Gasteiger partial charge in [0.05, 0.1) is 0 Å². The van der Waals surface area contributed by atoms with E-state index in [0.717, 1.165) is 29.6 Å². The molecular formula is C18H25ClN2S. The van der Waals surface area contributed by atoms with Crippen LogP contribution in [0, 0.1) is 0 Å². The Labute approximate surface area is 144 Å². The van der Waals surface area contributed by atoms with Gasteiger partial charge >= 0.3 is 0 Å². The van der Waals surface area contributed by atoms with Gasteiger partial charge in [0.2, 0.25) is 0 Å². The molecule has 0 saturated heterocycles. The maximum atomic E-state index is 5.91. The van der Waals surface area contributed by atoms with Gasteiger partial charge in [0, 0.05) is 24.2 Å². The predicted molar refractivity (Wildman–Crippen MR) is 99.5 cm³/mol. The van der Waals surface area contributed by atoms with Gasteiger partial charge in [-0.25, -0.2) is 0 Å². The van der Waals surface area contributed by atoms with Gasteiger partial charge in [-0.15, -0.1) is 6.58 Å². The van der Waals surface area contributed by atoms with Crippen LogP contribution in [0.5, 0.6) is 0 Å². The zero-order chi connectivity index (χ0) is 15.8. The van der Waals surface area contributed by atoms with Crippen molar-refractivity contribution in [3.05, 3.63) is 47.5 Å². The van der Waals surface area contributed by atoms with Crippen LogP contribution >= 0.6 is 23.8 Å². The summed E-state index contributed by atoms with van der Waals surface area (Å²) in [6.45, 7) is 5.55. The number of nitrogens with one attached hydrogen (secondary N) is 1. The minimum Gasteiger partial charge on any atom is -0.362 e. The number of nitrogens with zero attached hydrogens (tertiary/aromatic N) is 1. The third-order valence-corrected chi connectivity index (χ3v) is 4.84. The van der Waals surface area contributed by atoms with Crippen LogP contribution in [0.15, 0.2) is 36.9 Å². The molecule has 0 amide bonds. The second-order valence-corrected chi connectivity index (χ2v) is 6.66. The Bertz CT molecular complexity index is 480. The van der Waals surface area contributed by atoms with Gasteiger partial charge in [-0.2, -0.15) is 0 Å². The molecular weight excluding hydrogens is 312 g/mol. The van der Waals surface area contributed by atoms with E-state index in [9.17, 15) is 0 Å². The summed E-state index contributed by atoms with van der Waals surface area (Å²) in [6.07, 6.45) is 9.36. The van der Waals surface area contributed by atoms with Crippen molar-refractivity contribution in [2.75, 3.05) is 13.1 Å². The van der Waals surface area contributed by atoms with Crippen LogP contribution in [0.1, 0.15) is 37.7 Å². The van der Waals surface area contributed by atoms with E-state index < -0.39 is 0 Å². The minimum atomic E-state index is 0.572. The first-order valence-electron chi connectivity index (χ1n) is 8.10. The van der Waals surface area contributed by atoms with Crippen LogP contribution in [0.3, 0.4) is 0 Å². The largest absolute Gasteiger partial charge is 0.362 e. The molecule has 4 heteroatoms. The van der Waals surface area contributed by atoms with Crippen LogP contribution < -0.4 is 5.32 Å². The highest BCUT2D eigenvalue weighted by atomic mass is 35.5. The first kappa shape index (κ1) is 17.3. The molecule has 1 aliphatic carbocycles. The first-order chi connectivity index (χ1) is 10.7. The maximum absolute atomic E-state index is 5.91. The number of benzene rings is 1. The van der Waals surface area contributed by atoms with E-state index in [1.807, 2.05) is 18.2 Å². The van der Waals surface area contributed by atoms with Crippen LogP contribution in [0.4, 0.5) is 0 Å². The summed E-state index contributed by atoms with van der Waals surface area (Å²) in [5.74, 6) is 0. The molecule has 2 rings (SSSR count). The molecule has 0 radical (unpaired) electrons. The highest BCUT2D eigenvalue weighted by Crippen LogP contribution is 2.22. The lowest BCUT2D eigenvalue weighted by molar-refractivity contribution is 0.258. The number of halogens is 1. The second-order valence-electron chi connectivity index (χ2n) is 5.84. The quantitative estimate of drug-likeness (QED) is 0.604. The van der Waals surface area contributed by atoms with Crippen molar-refractivity contribution in [3.63, 3.8) is 0 Å². The van der Waals surface area contributed by atoms with Crippen molar-refractivity contribution < 1.29 is 0 Å². The molecule has 1 aromatic rings. The number of hydrogen-bond donors (Lipinski definition) is 1. The van der Waals surface area contributed by atoms with Gasteiger partial charge < -0.3 is 10.2 Å². The molecule has 1 fully saturated rings. The fourth-order valence-electron chi connectivity index (χ4n) is 3.00. The van der Waals surface area contributed by atoms with Gasteiger partial charge in [-0.3, -0.25) is 0 Å². The summed E-state index contributed by atoms with van der Waals surface area (Å²) >= 11 is 11.5. The fraction of sp³-hybridized carbons (Fsp3) is 0.500. The minimum absolute atomic E-state index is 0.572. The van der Waals surface area contributed by atoms with Gasteiger partial charge in [-0.1, -0.05) is 49.1 Å². The third kappa shape index (κ3) is 5.29. The second kappa shape index (κ2) is 9.16. The van der Waals surface area contributed by atoms with Crippen LogP contribution in [0.2, 0.25) is 5.02 Å². The normalized spacial score (nSPS) is 15.3. The zero-order valence-electron chi connectivity index (χ0n) is 13.1. The summed E-state index contributed by atoms with van der Waals surface area (Å²) in [5, 5.41) is 5.05. The molecule has 0 atom stereocenters. The van der Waals surface area contributed by atoms with Crippen molar-refractivity contribution in [3.8, 4) is 0 Å². The summed E-state index contributed by atoms with van der Waals surface area (Å²) in [4.78, 5) is 2.31. The first-order valence-corrected chi connectivity index (χ1v) is 8.89. The van der Waals surface area contributed by atoms with Gasteiger partial charge in [0.25, 0.3) is 0 Å². The standard InChI is InChI=1S/C18H25ClN2S/c1-2-14-21(17-6-4-3-5-7-17)18(22)20-13-12-15-8-10-16(19)11-9-15/h2,8-11,17H,1,3-7,12-14H2,(H,20,22). The van der Waals surface area contributed by atoms with E-state index in [4.69, 9.17) is 23.8 Å². The summed E-state index contributed by atoms with van der Waals surface area (Å²) < 4.78 is 0. The summed E-state index contributed by atoms with van der Waals surface area (Å²) in [7, 11) is 0. The predicted octanol–water partition coefficient (Wildman–Crippen LogP) is 4.58. The van der Waals surface area contributed by atoms with E-state index in [1.54, 1.807) is 0 Å². The van der Waals surface area contributed by atoms with E-state index in [2.05, 4.69) is 28.9 Å². The van der Waals surface area contributed by atoms with Gasteiger partial charge in [0.15, 0.2) is 5.11 Å². The molecule has 0 unspecified atom stereocenters. The topological polar surface area (TPSA) is 15.3 Å². The van der Waals surface area contributed by atoms with Crippen molar-refractivity contribution in [1.82, 2.24) is 10.2 Å². The Morgan fingerprint density at radius 3 is 2.59 bits per heavy atom. The Kier molecular flexibility index (Phi) is 7.20. The molecule has 120 valence electrons. The van der Waals surface area contributed by atoms with Crippen LogP contribution in [-0.4, -0.2) is 29.1 Å². The molecule has 0 aliphatic heterocycles. The van der Waals surface area contributed by atoms with Crippen LogP contribution in [0.25, 0.3) is 0 Å². The number of rotatable bonds is 6. The Balaban J connectivity index is 1.82. The monoisotopic (exact) mass is 336 g/mol. The molecule has 1 aromatic carbocycles.